The molecule has 1 amide bonds. The van der Waals surface area contributed by atoms with Gasteiger partial charge in [-0.3, -0.25) is 0 Å². The van der Waals surface area contributed by atoms with E-state index >= 15 is 0 Å². The van der Waals surface area contributed by atoms with Gasteiger partial charge in [-0.05, 0) is 12.5 Å². The molecule has 0 bridgehead atoms. The third-order valence-electron chi connectivity index (χ3n) is 3.18. The summed E-state index contributed by atoms with van der Waals surface area (Å²) in [6, 6.07) is 1.91. The van der Waals surface area contributed by atoms with E-state index in [-0.39, 0.29) is 16.7 Å². The quantitative estimate of drug-likeness (QED) is 0.814. The number of aromatic nitrogens is 1. The molecule has 4 nitrogen and oxygen atoms in total. The molecule has 3 rings (SSSR count). The molecule has 0 saturated carbocycles. The van der Waals surface area contributed by atoms with Gasteiger partial charge in [0.05, 0.1) is 5.52 Å². The number of halogens is 2. The van der Waals surface area contributed by atoms with Gasteiger partial charge in [-0.2, -0.15) is 0 Å². The van der Waals surface area contributed by atoms with Crippen LogP contribution in [0.5, 0.6) is 5.75 Å². The highest BCUT2D eigenvalue weighted by Gasteiger charge is 2.19. The highest BCUT2D eigenvalue weighted by molar-refractivity contribution is 5.89. The predicted octanol–water partition coefficient (Wildman–Crippen LogP) is 3.21. The van der Waals surface area contributed by atoms with Crippen LogP contribution >= 0.6 is 0 Å². The molecule has 0 fully saturated rings. The van der Waals surface area contributed by atoms with E-state index in [1.54, 1.807) is 0 Å². The van der Waals surface area contributed by atoms with E-state index in [9.17, 15) is 13.6 Å². The second-order valence-electron chi connectivity index (χ2n) is 4.54. The van der Waals surface area contributed by atoms with Crippen LogP contribution in [0.3, 0.4) is 0 Å². The van der Waals surface area contributed by atoms with Crippen molar-refractivity contribution in [3.8, 4) is 5.75 Å². The number of aromatic amines is 1. The number of benzene rings is 1. The second-order valence-corrected chi connectivity index (χ2v) is 4.54. The van der Waals surface area contributed by atoms with Gasteiger partial charge in [0.15, 0.2) is 5.75 Å². The van der Waals surface area contributed by atoms with Crippen LogP contribution in [-0.4, -0.2) is 29.1 Å². The molecule has 1 aliphatic heterocycles. The van der Waals surface area contributed by atoms with Crippen molar-refractivity contribution in [3.63, 3.8) is 0 Å². The number of amides is 1. The van der Waals surface area contributed by atoms with Gasteiger partial charge in [-0.1, -0.05) is 12.2 Å². The summed E-state index contributed by atoms with van der Waals surface area (Å²) in [6.07, 6.45) is 5.45. The number of carbonyl (C=O) groups is 1. The Morgan fingerprint density at radius 1 is 1.30 bits per heavy atom. The zero-order chi connectivity index (χ0) is 14.1. The number of hydrogen-bond donors (Lipinski definition) is 1. The Morgan fingerprint density at radius 3 is 2.90 bits per heavy atom. The van der Waals surface area contributed by atoms with E-state index in [1.165, 1.54) is 11.1 Å². The Balaban J connectivity index is 1.87. The van der Waals surface area contributed by atoms with Gasteiger partial charge >= 0.3 is 6.09 Å². The normalized spacial score (nSPS) is 14.8. The minimum absolute atomic E-state index is 0.118. The molecule has 20 heavy (non-hydrogen) atoms. The molecule has 2 aromatic rings. The SMILES string of the molecule is O=C(Oc1c[nH]c2c(F)cc(F)cc12)N1CC=CCC1. The van der Waals surface area contributed by atoms with Gasteiger partial charge in [0.25, 0.3) is 0 Å². The lowest BCUT2D eigenvalue weighted by Crippen LogP contribution is -2.35. The van der Waals surface area contributed by atoms with Crippen LogP contribution in [-0.2, 0) is 0 Å². The Hall–Kier alpha value is -2.37. The second kappa shape index (κ2) is 4.96. The lowest BCUT2D eigenvalue weighted by atomic mass is 10.2. The zero-order valence-electron chi connectivity index (χ0n) is 10.5. The summed E-state index contributed by atoms with van der Waals surface area (Å²) in [4.78, 5) is 16.1. The van der Waals surface area contributed by atoms with Crippen LogP contribution in [0.2, 0.25) is 0 Å². The number of H-pyrrole nitrogens is 1. The first-order valence-electron chi connectivity index (χ1n) is 6.23. The van der Waals surface area contributed by atoms with E-state index in [0.717, 1.165) is 18.6 Å². The monoisotopic (exact) mass is 278 g/mol. The Morgan fingerprint density at radius 2 is 2.15 bits per heavy atom. The molecule has 0 spiro atoms. The molecule has 104 valence electrons. The van der Waals surface area contributed by atoms with Gasteiger partial charge in [0.2, 0.25) is 0 Å². The lowest BCUT2D eigenvalue weighted by molar-refractivity contribution is 0.157. The lowest BCUT2D eigenvalue weighted by Gasteiger charge is -2.22. The molecule has 2 heterocycles. The molecular formula is C14H12F2N2O2. The van der Waals surface area contributed by atoms with Gasteiger partial charge in [0.1, 0.15) is 11.6 Å². The summed E-state index contributed by atoms with van der Waals surface area (Å²) in [7, 11) is 0. The van der Waals surface area contributed by atoms with Crippen molar-refractivity contribution in [2.45, 2.75) is 6.42 Å². The highest BCUT2D eigenvalue weighted by atomic mass is 19.1. The van der Waals surface area contributed by atoms with Crippen LogP contribution in [0.4, 0.5) is 13.6 Å². The summed E-state index contributed by atoms with van der Waals surface area (Å²) < 4.78 is 32.0. The Labute approximate surface area is 113 Å². The minimum atomic E-state index is -0.719. The van der Waals surface area contributed by atoms with Crippen molar-refractivity contribution in [2.75, 3.05) is 13.1 Å². The molecule has 0 radical (unpaired) electrons. The first kappa shape index (κ1) is 12.7. The maximum Gasteiger partial charge on any atom is 0.415 e. The van der Waals surface area contributed by atoms with E-state index in [2.05, 4.69) is 4.98 Å². The van der Waals surface area contributed by atoms with Crippen LogP contribution in [0.1, 0.15) is 6.42 Å². The summed E-state index contributed by atoms with van der Waals surface area (Å²) in [5, 5.41) is 0.211. The van der Waals surface area contributed by atoms with Gasteiger partial charge < -0.3 is 14.6 Å². The number of hydrogen-bond acceptors (Lipinski definition) is 2. The number of rotatable bonds is 1. The molecular weight excluding hydrogens is 266 g/mol. The molecule has 0 saturated heterocycles. The van der Waals surface area contributed by atoms with Gasteiger partial charge in [-0.15, -0.1) is 0 Å². The minimum Gasteiger partial charge on any atom is -0.408 e. The third-order valence-corrected chi connectivity index (χ3v) is 3.18. The molecule has 1 N–H and O–H groups in total. The van der Waals surface area contributed by atoms with Crippen molar-refractivity contribution in [1.82, 2.24) is 9.88 Å². The summed E-state index contributed by atoms with van der Waals surface area (Å²) in [6.45, 7) is 1.05. The van der Waals surface area contributed by atoms with Gasteiger partial charge in [0, 0.05) is 30.7 Å². The van der Waals surface area contributed by atoms with E-state index in [4.69, 9.17) is 4.74 Å². The van der Waals surface area contributed by atoms with E-state index in [1.807, 2.05) is 12.2 Å². The number of carbonyl (C=O) groups excluding carboxylic acids is 1. The largest absolute Gasteiger partial charge is 0.415 e. The predicted molar refractivity (Wildman–Crippen MR) is 69.6 cm³/mol. The molecule has 0 atom stereocenters. The van der Waals surface area contributed by atoms with E-state index < -0.39 is 17.7 Å². The van der Waals surface area contributed by atoms with Crippen LogP contribution in [0, 0.1) is 11.6 Å². The fraction of sp³-hybridized carbons (Fsp3) is 0.214. The average Bonchev–Trinajstić information content (AvgIpc) is 2.83. The van der Waals surface area contributed by atoms with Gasteiger partial charge in [-0.25, -0.2) is 13.6 Å². The number of fused-ring (bicyclic) bond motifs is 1. The highest BCUT2D eigenvalue weighted by Crippen LogP contribution is 2.28. The van der Waals surface area contributed by atoms with Crippen molar-refractivity contribution >= 4 is 17.0 Å². The number of nitrogens with zero attached hydrogens (tertiary/aromatic N) is 1. The van der Waals surface area contributed by atoms with E-state index in [0.29, 0.717) is 13.1 Å². The smallest absolute Gasteiger partial charge is 0.408 e. The fourth-order valence-corrected chi connectivity index (χ4v) is 2.18. The van der Waals surface area contributed by atoms with Crippen molar-refractivity contribution in [2.24, 2.45) is 0 Å². The molecule has 1 aromatic carbocycles. The first-order chi connectivity index (χ1) is 9.65. The summed E-state index contributed by atoms with van der Waals surface area (Å²) in [5.74, 6) is -1.31. The standard InChI is InChI=1S/C14H12F2N2O2/c15-9-6-10-12(8-17-13(10)11(16)7-9)20-14(19)18-4-2-1-3-5-18/h1-2,6-8,17H,3-5H2. The fourth-order valence-electron chi connectivity index (χ4n) is 2.18. The maximum atomic E-state index is 13.5. The van der Waals surface area contributed by atoms with Crippen molar-refractivity contribution in [1.29, 1.82) is 0 Å². The maximum absolute atomic E-state index is 13.5. The first-order valence-corrected chi connectivity index (χ1v) is 6.23. The van der Waals surface area contributed by atoms with Crippen LogP contribution < -0.4 is 4.74 Å². The summed E-state index contributed by atoms with van der Waals surface area (Å²) >= 11 is 0. The zero-order valence-corrected chi connectivity index (χ0v) is 10.5. The number of nitrogens with one attached hydrogen (secondary N) is 1. The van der Waals surface area contributed by atoms with Crippen molar-refractivity contribution < 1.29 is 18.3 Å². The molecule has 6 heteroatoms. The third kappa shape index (κ3) is 2.24. The Bertz CT molecular complexity index is 694. The van der Waals surface area contributed by atoms with Crippen LogP contribution in [0.15, 0.2) is 30.5 Å². The topological polar surface area (TPSA) is 45.3 Å². The van der Waals surface area contributed by atoms with Crippen LogP contribution in [0.25, 0.3) is 10.9 Å². The molecule has 1 aromatic heterocycles. The molecule has 1 aliphatic rings. The summed E-state index contributed by atoms with van der Waals surface area (Å²) in [5.41, 5.74) is 0.118. The van der Waals surface area contributed by atoms with Crippen molar-refractivity contribution in [3.05, 3.63) is 42.1 Å². The molecule has 0 aliphatic carbocycles. The Kier molecular flexibility index (Phi) is 3.14. The number of ether oxygens (including phenoxy) is 1. The average molecular weight is 278 g/mol. The molecule has 0 unspecified atom stereocenters.